The maximum Gasteiger partial charge on any atom is 0.0437 e. The van der Waals surface area contributed by atoms with E-state index in [1.165, 1.54) is 17.7 Å². The minimum Gasteiger partial charge on any atom is -0.396 e. The Morgan fingerprint density at radius 3 is 2.93 bits per heavy atom. The molecule has 0 saturated heterocycles. The lowest BCUT2D eigenvalue weighted by Crippen LogP contribution is -2.22. The molecule has 82 valence electrons. The molecule has 1 heterocycles. The maximum absolute atomic E-state index is 9.05. The summed E-state index contributed by atoms with van der Waals surface area (Å²) in [6.45, 7) is 4.70. The van der Waals surface area contributed by atoms with Gasteiger partial charge < -0.3 is 10.0 Å². The van der Waals surface area contributed by atoms with E-state index >= 15 is 0 Å². The summed E-state index contributed by atoms with van der Waals surface area (Å²) in [6.07, 6.45) is 2.07. The van der Waals surface area contributed by atoms with Crippen LogP contribution in [0, 0.1) is 0 Å². The fraction of sp³-hybridized carbons (Fsp3) is 0.538. The number of benzene rings is 1. The van der Waals surface area contributed by atoms with Gasteiger partial charge in [0.2, 0.25) is 0 Å². The number of aliphatic hydroxyl groups is 1. The fourth-order valence-corrected chi connectivity index (χ4v) is 2.47. The topological polar surface area (TPSA) is 23.5 Å². The molecule has 0 spiro atoms. The lowest BCUT2D eigenvalue weighted by atomic mass is 9.99. The van der Waals surface area contributed by atoms with Gasteiger partial charge in [-0.3, -0.25) is 0 Å². The highest BCUT2D eigenvalue weighted by molar-refractivity contribution is 5.60. The van der Waals surface area contributed by atoms with Gasteiger partial charge in [0.1, 0.15) is 0 Å². The van der Waals surface area contributed by atoms with E-state index in [1.807, 2.05) is 0 Å². The summed E-state index contributed by atoms with van der Waals surface area (Å²) in [7, 11) is 0. The van der Waals surface area contributed by atoms with E-state index in [2.05, 4.69) is 36.1 Å². The lowest BCUT2D eigenvalue weighted by Gasteiger charge is -2.18. The monoisotopic (exact) mass is 205 g/mol. The van der Waals surface area contributed by atoms with Crippen molar-refractivity contribution in [2.75, 3.05) is 24.6 Å². The van der Waals surface area contributed by atoms with Crippen molar-refractivity contribution >= 4 is 5.69 Å². The number of hydrogen-bond donors (Lipinski definition) is 1. The number of hydrogen-bond acceptors (Lipinski definition) is 2. The molecule has 0 saturated carbocycles. The number of para-hydroxylation sites is 1. The quantitative estimate of drug-likeness (QED) is 0.815. The van der Waals surface area contributed by atoms with E-state index in [-0.39, 0.29) is 0 Å². The van der Waals surface area contributed by atoms with Gasteiger partial charge in [-0.25, -0.2) is 0 Å². The van der Waals surface area contributed by atoms with Crippen LogP contribution in [-0.4, -0.2) is 24.8 Å². The van der Waals surface area contributed by atoms with Crippen molar-refractivity contribution in [1.29, 1.82) is 0 Å². The Morgan fingerprint density at radius 1 is 1.40 bits per heavy atom. The molecule has 1 aliphatic heterocycles. The van der Waals surface area contributed by atoms with Crippen LogP contribution in [0.25, 0.3) is 0 Å². The molecule has 2 heteroatoms. The van der Waals surface area contributed by atoms with E-state index in [1.54, 1.807) is 0 Å². The van der Waals surface area contributed by atoms with Crippen LogP contribution < -0.4 is 4.90 Å². The van der Waals surface area contributed by atoms with Crippen molar-refractivity contribution in [3.05, 3.63) is 29.8 Å². The molecule has 1 aromatic carbocycles. The average Bonchev–Trinajstić information content (AvgIpc) is 2.59. The van der Waals surface area contributed by atoms with Gasteiger partial charge in [0.05, 0.1) is 0 Å². The molecule has 2 nitrogen and oxygen atoms in total. The van der Waals surface area contributed by atoms with Gasteiger partial charge in [-0.15, -0.1) is 0 Å². The molecule has 0 aromatic heterocycles. The van der Waals surface area contributed by atoms with Crippen molar-refractivity contribution in [1.82, 2.24) is 0 Å². The molecule has 1 aromatic rings. The van der Waals surface area contributed by atoms with Crippen LogP contribution in [0.5, 0.6) is 0 Å². The number of aliphatic hydroxyl groups excluding tert-OH is 1. The van der Waals surface area contributed by atoms with E-state index < -0.39 is 0 Å². The minimum atomic E-state index is 0.291. The van der Waals surface area contributed by atoms with Crippen molar-refractivity contribution in [3.63, 3.8) is 0 Å². The van der Waals surface area contributed by atoms with Gasteiger partial charge in [-0.2, -0.15) is 0 Å². The summed E-state index contributed by atoms with van der Waals surface area (Å²) < 4.78 is 0. The molecule has 1 atom stereocenters. The van der Waals surface area contributed by atoms with Crippen LogP contribution in [0.3, 0.4) is 0 Å². The highest BCUT2D eigenvalue weighted by Gasteiger charge is 2.26. The van der Waals surface area contributed by atoms with Gasteiger partial charge >= 0.3 is 0 Å². The van der Waals surface area contributed by atoms with Crippen LogP contribution in [0.2, 0.25) is 0 Å². The van der Waals surface area contributed by atoms with Crippen molar-refractivity contribution in [2.45, 2.75) is 25.7 Å². The van der Waals surface area contributed by atoms with Crippen LogP contribution >= 0.6 is 0 Å². The molecular formula is C13H19NO. The minimum absolute atomic E-state index is 0.291. The van der Waals surface area contributed by atoms with Crippen LogP contribution in [-0.2, 0) is 0 Å². The van der Waals surface area contributed by atoms with Gasteiger partial charge in [-0.1, -0.05) is 25.1 Å². The molecule has 2 rings (SSSR count). The highest BCUT2D eigenvalue weighted by Crippen LogP contribution is 2.37. The standard InChI is InChI=1S/C13H19NO/c1-2-8-14-10-11(7-9-15)12-5-3-4-6-13(12)14/h3-6,11,15H,2,7-10H2,1H3. The molecule has 0 aliphatic carbocycles. The molecule has 1 N–H and O–H groups in total. The van der Waals surface area contributed by atoms with E-state index in [4.69, 9.17) is 5.11 Å². The molecule has 0 fully saturated rings. The summed E-state index contributed by atoms with van der Waals surface area (Å²) in [4.78, 5) is 2.44. The predicted octanol–water partition coefficient (Wildman–Crippen LogP) is 2.38. The third-order valence-electron chi connectivity index (χ3n) is 3.13. The molecule has 0 radical (unpaired) electrons. The smallest absolute Gasteiger partial charge is 0.0437 e. The number of fused-ring (bicyclic) bond motifs is 1. The first-order valence-electron chi connectivity index (χ1n) is 5.81. The van der Waals surface area contributed by atoms with Crippen LogP contribution in [0.1, 0.15) is 31.2 Å². The van der Waals surface area contributed by atoms with Crippen molar-refractivity contribution in [2.24, 2.45) is 0 Å². The van der Waals surface area contributed by atoms with Crippen LogP contribution in [0.15, 0.2) is 24.3 Å². The summed E-state index contributed by atoms with van der Waals surface area (Å²) in [6, 6.07) is 8.59. The first kappa shape index (κ1) is 10.5. The van der Waals surface area contributed by atoms with Crippen LogP contribution in [0.4, 0.5) is 5.69 Å². The third-order valence-corrected chi connectivity index (χ3v) is 3.13. The Balaban J connectivity index is 2.22. The second-order valence-corrected chi connectivity index (χ2v) is 4.21. The van der Waals surface area contributed by atoms with Crippen molar-refractivity contribution in [3.8, 4) is 0 Å². The second kappa shape index (κ2) is 4.67. The SMILES string of the molecule is CCCN1CC(CCO)c2ccccc21. The Kier molecular flexibility index (Phi) is 3.27. The first-order chi connectivity index (χ1) is 7.36. The molecule has 0 amide bonds. The summed E-state index contributed by atoms with van der Waals surface area (Å²) >= 11 is 0. The number of rotatable bonds is 4. The molecule has 15 heavy (non-hydrogen) atoms. The van der Waals surface area contributed by atoms with E-state index in [0.717, 1.165) is 19.5 Å². The molecular weight excluding hydrogens is 186 g/mol. The third kappa shape index (κ3) is 2.00. The predicted molar refractivity (Wildman–Crippen MR) is 63.4 cm³/mol. The Bertz CT molecular complexity index is 293. The average molecular weight is 205 g/mol. The van der Waals surface area contributed by atoms with Crippen molar-refractivity contribution < 1.29 is 5.11 Å². The van der Waals surface area contributed by atoms with E-state index in [9.17, 15) is 0 Å². The zero-order valence-electron chi connectivity index (χ0n) is 9.32. The van der Waals surface area contributed by atoms with Gasteiger partial charge in [0.15, 0.2) is 0 Å². The zero-order valence-corrected chi connectivity index (χ0v) is 9.32. The Morgan fingerprint density at radius 2 is 2.20 bits per heavy atom. The fourth-order valence-electron chi connectivity index (χ4n) is 2.47. The normalized spacial score (nSPS) is 19.3. The Labute approximate surface area is 91.5 Å². The molecule has 0 bridgehead atoms. The first-order valence-corrected chi connectivity index (χ1v) is 5.81. The maximum atomic E-state index is 9.05. The van der Waals surface area contributed by atoms with Gasteiger partial charge in [0, 0.05) is 31.3 Å². The largest absolute Gasteiger partial charge is 0.396 e. The zero-order chi connectivity index (χ0) is 10.7. The highest BCUT2D eigenvalue weighted by atomic mass is 16.3. The Hall–Kier alpha value is -1.02. The van der Waals surface area contributed by atoms with Gasteiger partial charge in [0.25, 0.3) is 0 Å². The number of nitrogens with zero attached hydrogens (tertiary/aromatic N) is 1. The number of anilines is 1. The second-order valence-electron chi connectivity index (χ2n) is 4.21. The molecule has 1 unspecified atom stereocenters. The van der Waals surface area contributed by atoms with Gasteiger partial charge in [-0.05, 0) is 24.5 Å². The van der Waals surface area contributed by atoms with E-state index in [0.29, 0.717) is 12.5 Å². The lowest BCUT2D eigenvalue weighted by molar-refractivity contribution is 0.277. The summed E-state index contributed by atoms with van der Waals surface area (Å²) in [5, 5.41) is 9.05. The summed E-state index contributed by atoms with van der Waals surface area (Å²) in [5.41, 5.74) is 2.79. The summed E-state index contributed by atoms with van der Waals surface area (Å²) in [5.74, 6) is 0.526. The molecule has 1 aliphatic rings.